The predicted molar refractivity (Wildman–Crippen MR) is 107 cm³/mol. The Morgan fingerprint density at radius 2 is 1.70 bits per heavy atom. The molecule has 0 atom stereocenters. The van der Waals surface area contributed by atoms with Gasteiger partial charge in [-0.25, -0.2) is 0 Å². The first kappa shape index (κ1) is 17.1. The minimum absolute atomic E-state index is 0.0952. The van der Waals surface area contributed by atoms with Crippen molar-refractivity contribution in [2.45, 2.75) is 13.5 Å². The van der Waals surface area contributed by atoms with E-state index >= 15 is 0 Å². The zero-order valence-corrected chi connectivity index (χ0v) is 15.5. The lowest BCUT2D eigenvalue weighted by atomic mass is 10.0. The Hall–Kier alpha value is -3.34. The first-order chi connectivity index (χ1) is 13.1. The topological polar surface area (TPSA) is 53.4 Å². The molecule has 0 bridgehead atoms. The minimum atomic E-state index is -0.0952. The first-order valence-corrected chi connectivity index (χ1v) is 8.71. The quantitative estimate of drug-likeness (QED) is 0.518. The van der Waals surface area contributed by atoms with Crippen LogP contribution in [0.5, 0.6) is 11.5 Å². The van der Waals surface area contributed by atoms with E-state index in [2.05, 4.69) is 4.98 Å². The maximum atomic E-state index is 13.2. The molecule has 0 amide bonds. The van der Waals surface area contributed by atoms with E-state index < -0.39 is 0 Å². The average Bonchev–Trinajstić information content (AvgIpc) is 2.71. The lowest BCUT2D eigenvalue weighted by Crippen LogP contribution is -2.23. The number of hydrogen-bond donors (Lipinski definition) is 0. The molecule has 0 saturated carbocycles. The van der Waals surface area contributed by atoms with E-state index in [9.17, 15) is 4.79 Å². The van der Waals surface area contributed by atoms with Crippen molar-refractivity contribution in [3.05, 3.63) is 76.2 Å². The van der Waals surface area contributed by atoms with Gasteiger partial charge in [-0.2, -0.15) is 0 Å². The van der Waals surface area contributed by atoms with Crippen molar-refractivity contribution in [1.82, 2.24) is 9.55 Å². The number of rotatable bonds is 4. The van der Waals surface area contributed by atoms with E-state index in [0.717, 1.165) is 38.9 Å². The lowest BCUT2D eigenvalue weighted by Gasteiger charge is -2.16. The number of fused-ring (bicyclic) bond motifs is 3. The molecule has 0 radical (unpaired) electrons. The smallest absolute Gasteiger partial charge is 0.277 e. The fraction of sp³-hybridized carbons (Fsp3) is 0.182. The van der Waals surface area contributed by atoms with Crippen LogP contribution in [-0.4, -0.2) is 23.8 Å². The largest absolute Gasteiger partial charge is 0.497 e. The summed E-state index contributed by atoms with van der Waals surface area (Å²) in [6.45, 7) is 2.45. The fourth-order valence-corrected chi connectivity index (χ4v) is 3.51. The highest BCUT2D eigenvalue weighted by Gasteiger charge is 2.15. The molecule has 2 aromatic heterocycles. The average molecular weight is 360 g/mol. The number of benzene rings is 2. The normalized spacial score (nSPS) is 11.1. The second-order valence-corrected chi connectivity index (χ2v) is 6.48. The molecule has 0 saturated heterocycles. The van der Waals surface area contributed by atoms with Crippen LogP contribution in [0.4, 0.5) is 0 Å². The molecule has 2 aromatic carbocycles. The number of ether oxygens (including phenoxy) is 2. The molecule has 0 aliphatic rings. The van der Waals surface area contributed by atoms with Crippen LogP contribution in [-0.2, 0) is 6.54 Å². The maximum Gasteiger partial charge on any atom is 0.277 e. The molecule has 0 aliphatic heterocycles. The number of aromatic nitrogens is 2. The second kappa shape index (κ2) is 6.76. The summed E-state index contributed by atoms with van der Waals surface area (Å²) in [7, 11) is 3.28. The molecular weight excluding hydrogens is 340 g/mol. The van der Waals surface area contributed by atoms with Crippen molar-refractivity contribution in [3.8, 4) is 11.5 Å². The third kappa shape index (κ3) is 2.91. The summed E-state index contributed by atoms with van der Waals surface area (Å²) in [5.74, 6) is 1.55. The van der Waals surface area contributed by atoms with Crippen molar-refractivity contribution >= 4 is 21.8 Å². The van der Waals surface area contributed by atoms with Crippen LogP contribution in [0, 0.1) is 6.92 Å². The van der Waals surface area contributed by atoms with Gasteiger partial charge in [0.15, 0.2) is 0 Å². The predicted octanol–water partition coefficient (Wildman–Crippen LogP) is 3.92. The third-order valence-electron chi connectivity index (χ3n) is 4.82. The molecule has 27 heavy (non-hydrogen) atoms. The summed E-state index contributed by atoms with van der Waals surface area (Å²) in [5, 5.41) is 1.80. The van der Waals surface area contributed by atoms with Crippen molar-refractivity contribution in [1.29, 1.82) is 0 Å². The molecule has 0 N–H and O–H groups in total. The van der Waals surface area contributed by atoms with Gasteiger partial charge < -0.3 is 14.0 Å². The molecular formula is C22H20N2O3. The highest BCUT2D eigenvalue weighted by Crippen LogP contribution is 2.29. The molecule has 5 heteroatoms. The highest BCUT2D eigenvalue weighted by molar-refractivity contribution is 6.05. The molecule has 0 spiro atoms. The van der Waals surface area contributed by atoms with Crippen molar-refractivity contribution in [2.24, 2.45) is 0 Å². The van der Waals surface area contributed by atoms with Gasteiger partial charge >= 0.3 is 0 Å². The molecule has 0 fully saturated rings. The van der Waals surface area contributed by atoms with Gasteiger partial charge in [0.25, 0.3) is 5.56 Å². The molecule has 4 rings (SSSR count). The van der Waals surface area contributed by atoms with E-state index in [-0.39, 0.29) is 5.56 Å². The summed E-state index contributed by atoms with van der Waals surface area (Å²) < 4.78 is 12.5. The number of nitrogens with zero attached hydrogens (tertiary/aromatic N) is 2. The van der Waals surface area contributed by atoms with E-state index in [0.29, 0.717) is 12.1 Å². The number of methoxy groups -OCH3 is 2. The van der Waals surface area contributed by atoms with E-state index in [1.807, 2.05) is 55.5 Å². The van der Waals surface area contributed by atoms with Gasteiger partial charge in [-0.3, -0.25) is 9.78 Å². The number of pyridine rings is 2. The Kier molecular flexibility index (Phi) is 4.28. The Balaban J connectivity index is 2.02. The SMILES string of the molecule is COc1ccc(Cn2c(=O)c3ncccc3c3cc(OC)cc(C)c32)cc1. The van der Waals surface area contributed by atoms with Gasteiger partial charge in [-0.05, 0) is 48.4 Å². The number of hydrogen-bond acceptors (Lipinski definition) is 4. The van der Waals surface area contributed by atoms with Gasteiger partial charge in [0.2, 0.25) is 0 Å². The van der Waals surface area contributed by atoms with Crippen LogP contribution in [0.2, 0.25) is 0 Å². The van der Waals surface area contributed by atoms with Gasteiger partial charge in [0.1, 0.15) is 17.0 Å². The Morgan fingerprint density at radius 1 is 0.963 bits per heavy atom. The van der Waals surface area contributed by atoms with Gasteiger partial charge in [0, 0.05) is 17.0 Å². The monoisotopic (exact) mass is 360 g/mol. The van der Waals surface area contributed by atoms with Gasteiger partial charge in [0.05, 0.1) is 26.3 Å². The molecule has 4 aromatic rings. The van der Waals surface area contributed by atoms with Crippen LogP contribution < -0.4 is 15.0 Å². The lowest BCUT2D eigenvalue weighted by molar-refractivity contribution is 0.414. The Bertz CT molecular complexity index is 1190. The first-order valence-electron chi connectivity index (χ1n) is 8.71. The van der Waals surface area contributed by atoms with Crippen LogP contribution in [0.3, 0.4) is 0 Å². The van der Waals surface area contributed by atoms with Crippen LogP contribution in [0.15, 0.2) is 59.5 Å². The Labute approximate surface area is 156 Å². The van der Waals surface area contributed by atoms with Crippen LogP contribution >= 0.6 is 0 Å². The minimum Gasteiger partial charge on any atom is -0.497 e. The van der Waals surface area contributed by atoms with Gasteiger partial charge in [-0.15, -0.1) is 0 Å². The fourth-order valence-electron chi connectivity index (χ4n) is 3.51. The molecule has 0 aliphatic carbocycles. The summed E-state index contributed by atoms with van der Waals surface area (Å²) >= 11 is 0. The molecule has 136 valence electrons. The number of aryl methyl sites for hydroxylation is 1. The molecule has 5 nitrogen and oxygen atoms in total. The van der Waals surface area contributed by atoms with E-state index in [1.165, 1.54) is 0 Å². The van der Waals surface area contributed by atoms with E-state index in [1.54, 1.807) is 25.0 Å². The maximum absolute atomic E-state index is 13.2. The van der Waals surface area contributed by atoms with Crippen molar-refractivity contribution in [3.63, 3.8) is 0 Å². The molecule has 2 heterocycles. The summed E-state index contributed by atoms with van der Waals surface area (Å²) in [5.41, 5.74) is 3.27. The van der Waals surface area contributed by atoms with Crippen molar-refractivity contribution in [2.75, 3.05) is 14.2 Å². The summed E-state index contributed by atoms with van der Waals surface area (Å²) in [6.07, 6.45) is 1.65. The van der Waals surface area contributed by atoms with Gasteiger partial charge in [-0.1, -0.05) is 18.2 Å². The van der Waals surface area contributed by atoms with Crippen LogP contribution in [0.1, 0.15) is 11.1 Å². The summed E-state index contributed by atoms with van der Waals surface area (Å²) in [4.78, 5) is 17.6. The second-order valence-electron chi connectivity index (χ2n) is 6.48. The van der Waals surface area contributed by atoms with E-state index in [4.69, 9.17) is 9.47 Å². The highest BCUT2D eigenvalue weighted by atomic mass is 16.5. The summed E-state index contributed by atoms with van der Waals surface area (Å²) in [6, 6.07) is 15.4. The molecule has 0 unspecified atom stereocenters. The van der Waals surface area contributed by atoms with Crippen molar-refractivity contribution < 1.29 is 9.47 Å². The third-order valence-corrected chi connectivity index (χ3v) is 4.82. The zero-order chi connectivity index (χ0) is 19.0. The zero-order valence-electron chi connectivity index (χ0n) is 15.5. The Morgan fingerprint density at radius 3 is 2.41 bits per heavy atom. The standard InChI is InChI=1S/C22H20N2O3/c1-14-11-17(27-3)12-19-18-5-4-10-23-20(18)22(25)24(21(14)19)13-15-6-8-16(26-2)9-7-15/h4-12H,13H2,1-3H3. The van der Waals surface area contributed by atoms with Crippen LogP contribution in [0.25, 0.3) is 21.8 Å².